The van der Waals surface area contributed by atoms with Crippen molar-refractivity contribution in [1.29, 1.82) is 0 Å². The number of rotatable bonds is 7. The topological polar surface area (TPSA) is 127 Å². The van der Waals surface area contributed by atoms with Crippen molar-refractivity contribution >= 4 is 17.4 Å². The lowest BCUT2D eigenvalue weighted by atomic mass is 9.87. The normalized spacial score (nSPS) is 14.6. The Labute approximate surface area is 236 Å². The molecule has 4 aromatic carbocycles. The number of hydrogen-bond donors (Lipinski definition) is 5. The van der Waals surface area contributed by atoms with Crippen LogP contribution in [0, 0.1) is 0 Å². The highest BCUT2D eigenvalue weighted by Gasteiger charge is 2.35. The Bertz CT molecular complexity index is 1610. The molecule has 0 fully saturated rings. The molecule has 1 aliphatic heterocycles. The molecule has 1 heterocycles. The van der Waals surface area contributed by atoms with Crippen LogP contribution in [0.25, 0.3) is 0 Å². The number of carbonyl (C=O) groups excluding carboxylic acids is 1. The Kier molecular flexibility index (Phi) is 7.50. The summed E-state index contributed by atoms with van der Waals surface area (Å²) >= 11 is 6.09. The van der Waals surface area contributed by atoms with Crippen LogP contribution in [0.5, 0.6) is 34.5 Å². The zero-order valence-electron chi connectivity index (χ0n) is 21.8. The summed E-state index contributed by atoms with van der Waals surface area (Å²) in [4.78, 5) is 13.2. The summed E-state index contributed by atoms with van der Waals surface area (Å²) in [6, 6.07) is 16.3. The van der Waals surface area contributed by atoms with Crippen molar-refractivity contribution in [2.45, 2.75) is 45.1 Å². The standard InChI is InChI=1S/C32H29ClO7/c1-2-22-16-28(37)29-31(39)23(30(38)24(32(29)40-22)14-18-5-3-4-6-25(18)34)15-20-12-17(7-9-26(20)35)11-19-13-21(33)8-10-27(19)36/h3-10,12-13,22,34-36,38-39H,2,11,14-16H2,1H3. The van der Waals surface area contributed by atoms with E-state index in [1.807, 2.05) is 6.92 Å². The summed E-state index contributed by atoms with van der Waals surface area (Å²) in [5.74, 6) is -0.826. The van der Waals surface area contributed by atoms with E-state index in [1.165, 1.54) is 18.2 Å². The first kappa shape index (κ1) is 27.2. The van der Waals surface area contributed by atoms with E-state index in [-0.39, 0.29) is 70.5 Å². The van der Waals surface area contributed by atoms with Crippen LogP contribution in [0.15, 0.2) is 60.7 Å². The van der Waals surface area contributed by atoms with E-state index >= 15 is 0 Å². The number of carbonyl (C=O) groups is 1. The highest BCUT2D eigenvalue weighted by atomic mass is 35.5. The molecule has 0 spiro atoms. The van der Waals surface area contributed by atoms with Crippen molar-refractivity contribution in [3.8, 4) is 34.5 Å². The van der Waals surface area contributed by atoms with Gasteiger partial charge in [-0.3, -0.25) is 4.79 Å². The molecule has 5 N–H and O–H groups in total. The second-order valence-electron chi connectivity index (χ2n) is 10.0. The number of fused-ring (bicyclic) bond motifs is 1. The zero-order valence-corrected chi connectivity index (χ0v) is 22.6. The lowest BCUT2D eigenvalue weighted by molar-refractivity contribution is 0.0837. The minimum Gasteiger partial charge on any atom is -0.508 e. The summed E-state index contributed by atoms with van der Waals surface area (Å²) in [5.41, 5.74) is 2.58. The van der Waals surface area contributed by atoms with Gasteiger partial charge < -0.3 is 30.3 Å². The fraction of sp³-hybridized carbons (Fsp3) is 0.219. The number of ether oxygens (including phenoxy) is 1. The number of para-hydroxylation sites is 1. The van der Waals surface area contributed by atoms with Crippen LogP contribution in [-0.2, 0) is 19.3 Å². The third-order valence-electron chi connectivity index (χ3n) is 7.33. The average Bonchev–Trinajstić information content (AvgIpc) is 2.93. The Balaban J connectivity index is 1.60. The molecule has 1 unspecified atom stereocenters. The van der Waals surface area contributed by atoms with E-state index in [2.05, 4.69) is 0 Å². The van der Waals surface area contributed by atoms with Crippen molar-refractivity contribution in [1.82, 2.24) is 0 Å². The monoisotopic (exact) mass is 560 g/mol. The predicted octanol–water partition coefficient (Wildman–Crippen LogP) is 6.38. The first-order valence-corrected chi connectivity index (χ1v) is 13.4. The van der Waals surface area contributed by atoms with Gasteiger partial charge in [0.15, 0.2) is 5.78 Å². The number of Topliss-reactive ketones (excluding diaryl/α,β-unsaturated/α-hetero) is 1. The van der Waals surface area contributed by atoms with Crippen LogP contribution >= 0.6 is 11.6 Å². The summed E-state index contributed by atoms with van der Waals surface area (Å²) in [5, 5.41) is 54.6. The van der Waals surface area contributed by atoms with Gasteiger partial charge in [0.05, 0.1) is 0 Å². The van der Waals surface area contributed by atoms with E-state index < -0.39 is 11.9 Å². The maximum Gasteiger partial charge on any atom is 0.174 e. The third kappa shape index (κ3) is 5.25. The van der Waals surface area contributed by atoms with Gasteiger partial charge in [-0.2, -0.15) is 0 Å². The predicted molar refractivity (Wildman–Crippen MR) is 151 cm³/mol. The van der Waals surface area contributed by atoms with Gasteiger partial charge in [0.2, 0.25) is 0 Å². The molecule has 5 rings (SSSR count). The van der Waals surface area contributed by atoms with Crippen molar-refractivity contribution in [2.24, 2.45) is 0 Å². The van der Waals surface area contributed by atoms with Gasteiger partial charge in [0.25, 0.3) is 0 Å². The van der Waals surface area contributed by atoms with Crippen LogP contribution in [0.1, 0.15) is 63.5 Å². The van der Waals surface area contributed by atoms with Crippen molar-refractivity contribution in [3.63, 3.8) is 0 Å². The molecule has 0 aliphatic carbocycles. The van der Waals surface area contributed by atoms with Crippen LogP contribution < -0.4 is 4.74 Å². The summed E-state index contributed by atoms with van der Waals surface area (Å²) in [6.45, 7) is 1.89. The molecule has 0 amide bonds. The van der Waals surface area contributed by atoms with Gasteiger partial charge in [-0.25, -0.2) is 0 Å². The fourth-order valence-electron chi connectivity index (χ4n) is 5.12. The van der Waals surface area contributed by atoms with Gasteiger partial charge in [-0.1, -0.05) is 48.9 Å². The zero-order chi connectivity index (χ0) is 28.6. The van der Waals surface area contributed by atoms with E-state index in [0.29, 0.717) is 34.6 Å². The van der Waals surface area contributed by atoms with Gasteiger partial charge in [0.1, 0.15) is 46.2 Å². The SMILES string of the molecule is CCC1CC(=O)c2c(O)c(Cc3cc(Cc4cc(Cl)ccc4O)ccc3O)c(O)c(Cc3ccccc3O)c2O1. The number of aromatic hydroxyl groups is 5. The maximum absolute atomic E-state index is 13.2. The summed E-state index contributed by atoms with van der Waals surface area (Å²) in [7, 11) is 0. The smallest absolute Gasteiger partial charge is 0.174 e. The van der Waals surface area contributed by atoms with Crippen LogP contribution in [0.2, 0.25) is 5.02 Å². The Morgan fingerprint density at radius 3 is 2.15 bits per heavy atom. The van der Waals surface area contributed by atoms with Crippen molar-refractivity contribution in [3.05, 3.63) is 105 Å². The minimum atomic E-state index is -0.406. The van der Waals surface area contributed by atoms with Crippen molar-refractivity contribution < 1.29 is 35.1 Å². The molecular weight excluding hydrogens is 532 g/mol. The first-order chi connectivity index (χ1) is 19.2. The minimum absolute atomic E-state index is 0.0117. The second-order valence-corrected chi connectivity index (χ2v) is 10.5. The second kappa shape index (κ2) is 11.0. The molecule has 0 aromatic heterocycles. The molecule has 4 aromatic rings. The Hall–Kier alpha value is -4.36. The molecule has 0 radical (unpaired) electrons. The van der Waals surface area contributed by atoms with Crippen LogP contribution in [0.4, 0.5) is 0 Å². The van der Waals surface area contributed by atoms with E-state index in [4.69, 9.17) is 16.3 Å². The Morgan fingerprint density at radius 1 is 0.775 bits per heavy atom. The largest absolute Gasteiger partial charge is 0.508 e. The molecular formula is C32H29ClO7. The van der Waals surface area contributed by atoms with Gasteiger partial charge in [-0.05, 0) is 59.0 Å². The van der Waals surface area contributed by atoms with Gasteiger partial charge in [-0.15, -0.1) is 0 Å². The number of halogens is 1. The van der Waals surface area contributed by atoms with Gasteiger partial charge in [0, 0.05) is 41.8 Å². The van der Waals surface area contributed by atoms with E-state index in [0.717, 1.165) is 5.56 Å². The molecule has 0 saturated carbocycles. The van der Waals surface area contributed by atoms with Crippen LogP contribution in [-0.4, -0.2) is 37.4 Å². The quantitative estimate of drug-likeness (QED) is 0.177. The fourth-order valence-corrected chi connectivity index (χ4v) is 5.32. The molecule has 0 saturated heterocycles. The van der Waals surface area contributed by atoms with Gasteiger partial charge >= 0.3 is 0 Å². The highest BCUT2D eigenvalue weighted by molar-refractivity contribution is 6.30. The Morgan fingerprint density at radius 2 is 1.43 bits per heavy atom. The molecule has 40 heavy (non-hydrogen) atoms. The number of hydrogen-bond acceptors (Lipinski definition) is 7. The molecule has 206 valence electrons. The van der Waals surface area contributed by atoms with E-state index in [9.17, 15) is 30.3 Å². The van der Waals surface area contributed by atoms with E-state index in [1.54, 1.807) is 42.5 Å². The average molecular weight is 561 g/mol. The molecule has 1 aliphatic rings. The highest BCUT2D eigenvalue weighted by Crippen LogP contribution is 2.48. The molecule has 8 heteroatoms. The maximum atomic E-state index is 13.2. The lowest BCUT2D eigenvalue weighted by Gasteiger charge is -2.29. The van der Waals surface area contributed by atoms with Crippen LogP contribution in [0.3, 0.4) is 0 Å². The summed E-state index contributed by atoms with van der Waals surface area (Å²) < 4.78 is 6.09. The first-order valence-electron chi connectivity index (χ1n) is 13.0. The number of ketones is 1. The molecule has 7 nitrogen and oxygen atoms in total. The number of phenols is 5. The van der Waals surface area contributed by atoms with Crippen molar-refractivity contribution in [2.75, 3.05) is 0 Å². The number of benzene rings is 4. The number of phenolic OH excluding ortho intramolecular Hbond substituents is 5. The molecule has 0 bridgehead atoms. The lowest BCUT2D eigenvalue weighted by Crippen LogP contribution is -2.27. The third-order valence-corrected chi connectivity index (χ3v) is 7.57. The molecule has 1 atom stereocenters. The summed E-state index contributed by atoms with van der Waals surface area (Å²) in [6.07, 6.45) is 0.526.